The van der Waals surface area contributed by atoms with Gasteiger partial charge in [0.2, 0.25) is 0 Å². The van der Waals surface area contributed by atoms with E-state index in [0.29, 0.717) is 35.4 Å². The summed E-state index contributed by atoms with van der Waals surface area (Å²) in [5, 5.41) is 0.612. The molecule has 1 N–H and O–H groups in total. The Balaban J connectivity index is 1.92. The summed E-state index contributed by atoms with van der Waals surface area (Å²) in [6.07, 6.45) is 0. The summed E-state index contributed by atoms with van der Waals surface area (Å²) >= 11 is 5.97. The van der Waals surface area contributed by atoms with Crippen LogP contribution in [0.25, 0.3) is 22.6 Å². The molecule has 0 radical (unpaired) electrons. The fraction of sp³-hybridized carbons (Fsp3) is 0.238. The number of carbonyl (C=O) groups is 1. The van der Waals surface area contributed by atoms with E-state index in [1.165, 1.54) is 0 Å². The van der Waals surface area contributed by atoms with Gasteiger partial charge in [0.1, 0.15) is 23.9 Å². The normalized spacial score (nSPS) is 10.7. The first-order valence-corrected chi connectivity index (χ1v) is 9.25. The first kappa shape index (κ1) is 19.9. The highest BCUT2D eigenvalue weighted by atomic mass is 35.5. The second-order valence-corrected chi connectivity index (χ2v) is 6.34. The maximum absolute atomic E-state index is 12.4. The molecule has 0 aliphatic rings. The van der Waals surface area contributed by atoms with Crippen LogP contribution in [0, 0.1) is 0 Å². The van der Waals surface area contributed by atoms with Crippen LogP contribution in [0.3, 0.4) is 0 Å². The highest BCUT2D eigenvalue weighted by Gasteiger charge is 2.20. The molecule has 0 fully saturated rings. The molecule has 0 aliphatic carbocycles. The average molecular weight is 401 g/mol. The highest BCUT2D eigenvalue weighted by Crippen LogP contribution is 2.28. The van der Waals surface area contributed by atoms with Gasteiger partial charge in [0.15, 0.2) is 5.69 Å². The summed E-state index contributed by atoms with van der Waals surface area (Å²) in [4.78, 5) is 20.1. The number of hydrogen-bond donors (Lipinski definition) is 1. The van der Waals surface area contributed by atoms with Gasteiger partial charge in [-0.25, -0.2) is 9.78 Å². The van der Waals surface area contributed by atoms with Gasteiger partial charge < -0.3 is 19.2 Å². The zero-order valence-corrected chi connectivity index (χ0v) is 16.5. The van der Waals surface area contributed by atoms with Crippen molar-refractivity contribution < 1.29 is 19.0 Å². The summed E-state index contributed by atoms with van der Waals surface area (Å²) < 4.78 is 15.7. The summed E-state index contributed by atoms with van der Waals surface area (Å²) in [7, 11) is 1.63. The molecule has 1 aromatic heterocycles. The van der Waals surface area contributed by atoms with E-state index in [-0.39, 0.29) is 6.61 Å². The molecule has 0 unspecified atom stereocenters. The smallest absolute Gasteiger partial charge is 0.357 e. The number of hydrogen-bond acceptors (Lipinski definition) is 5. The number of carbonyl (C=O) groups excluding carboxylic acids is 1. The third-order valence-electron chi connectivity index (χ3n) is 3.98. The van der Waals surface area contributed by atoms with E-state index in [0.717, 1.165) is 16.9 Å². The van der Waals surface area contributed by atoms with E-state index in [1.54, 1.807) is 26.2 Å². The molecule has 3 aromatic rings. The number of imidazole rings is 1. The van der Waals surface area contributed by atoms with Gasteiger partial charge in [0.25, 0.3) is 0 Å². The Kier molecular flexibility index (Phi) is 6.68. The number of H-pyrrole nitrogens is 1. The van der Waals surface area contributed by atoms with Gasteiger partial charge in [-0.3, -0.25) is 0 Å². The molecule has 0 aliphatic heterocycles. The Labute approximate surface area is 168 Å². The number of esters is 1. The van der Waals surface area contributed by atoms with E-state index in [4.69, 9.17) is 25.8 Å². The maximum Gasteiger partial charge on any atom is 0.357 e. The molecule has 2 aromatic carbocycles. The fourth-order valence-corrected chi connectivity index (χ4v) is 2.76. The summed E-state index contributed by atoms with van der Waals surface area (Å²) in [5.74, 6) is 0.845. The lowest BCUT2D eigenvalue weighted by Crippen LogP contribution is -2.06. The van der Waals surface area contributed by atoms with E-state index in [1.807, 2.05) is 36.4 Å². The maximum atomic E-state index is 12.4. The van der Waals surface area contributed by atoms with Crippen LogP contribution in [0.5, 0.6) is 5.75 Å². The minimum absolute atomic E-state index is 0.279. The molecule has 28 heavy (non-hydrogen) atoms. The minimum Gasteiger partial charge on any atom is -0.491 e. The number of nitrogens with zero attached hydrogens (tertiary/aromatic N) is 1. The lowest BCUT2D eigenvalue weighted by Gasteiger charge is -2.05. The number of aromatic nitrogens is 2. The first-order chi connectivity index (χ1) is 13.6. The van der Waals surface area contributed by atoms with Crippen LogP contribution in [-0.4, -0.2) is 42.9 Å². The van der Waals surface area contributed by atoms with Crippen molar-refractivity contribution in [2.24, 2.45) is 0 Å². The molecule has 0 saturated heterocycles. The predicted molar refractivity (Wildman–Crippen MR) is 108 cm³/mol. The molecule has 7 heteroatoms. The highest BCUT2D eigenvalue weighted by molar-refractivity contribution is 6.30. The largest absolute Gasteiger partial charge is 0.491 e. The van der Waals surface area contributed by atoms with E-state index >= 15 is 0 Å². The Morgan fingerprint density at radius 3 is 2.36 bits per heavy atom. The van der Waals surface area contributed by atoms with Gasteiger partial charge in [0, 0.05) is 23.3 Å². The zero-order valence-electron chi connectivity index (χ0n) is 15.7. The Bertz CT molecular complexity index is 921. The Hall–Kier alpha value is -2.83. The molecule has 0 bridgehead atoms. The molecule has 6 nitrogen and oxygen atoms in total. The van der Waals surface area contributed by atoms with Gasteiger partial charge in [-0.15, -0.1) is 0 Å². The van der Waals surface area contributed by atoms with Gasteiger partial charge in [-0.05, 0) is 43.3 Å². The zero-order chi connectivity index (χ0) is 19.9. The number of rotatable bonds is 8. The molecule has 146 valence electrons. The number of benzene rings is 2. The number of nitrogens with one attached hydrogen (secondary N) is 1. The third-order valence-corrected chi connectivity index (χ3v) is 4.24. The predicted octanol–water partition coefficient (Wildman–Crippen LogP) is 4.60. The minimum atomic E-state index is -0.453. The molecule has 0 spiro atoms. The summed E-state index contributed by atoms with van der Waals surface area (Å²) in [5.41, 5.74) is 2.42. The van der Waals surface area contributed by atoms with Crippen molar-refractivity contribution in [3.8, 4) is 28.4 Å². The second-order valence-electron chi connectivity index (χ2n) is 5.90. The van der Waals surface area contributed by atoms with Crippen LogP contribution in [0.2, 0.25) is 5.02 Å². The van der Waals surface area contributed by atoms with Crippen LogP contribution in [0.15, 0.2) is 48.5 Å². The first-order valence-electron chi connectivity index (χ1n) is 8.87. The third kappa shape index (κ3) is 4.71. The SMILES string of the molecule is CCOC(=O)c1[nH]c(-c2ccc(OCCOC)cc2)nc1-c1ccc(Cl)cc1. The van der Waals surface area contributed by atoms with E-state index in [2.05, 4.69) is 9.97 Å². The van der Waals surface area contributed by atoms with Crippen LogP contribution in [-0.2, 0) is 9.47 Å². The van der Waals surface area contributed by atoms with Gasteiger partial charge in [-0.1, -0.05) is 23.7 Å². The monoisotopic (exact) mass is 400 g/mol. The number of ether oxygens (including phenoxy) is 3. The lowest BCUT2D eigenvalue weighted by molar-refractivity contribution is 0.0521. The quantitative estimate of drug-likeness (QED) is 0.442. The molecule has 0 amide bonds. The second kappa shape index (κ2) is 9.39. The number of halogens is 1. The van der Waals surface area contributed by atoms with E-state index < -0.39 is 5.97 Å². The van der Waals surface area contributed by atoms with Crippen molar-refractivity contribution in [3.63, 3.8) is 0 Å². The molecule has 0 saturated carbocycles. The van der Waals surface area contributed by atoms with Crippen molar-refractivity contribution in [3.05, 3.63) is 59.2 Å². The van der Waals surface area contributed by atoms with E-state index in [9.17, 15) is 4.79 Å². The molecule has 0 atom stereocenters. The van der Waals surface area contributed by atoms with Gasteiger partial charge >= 0.3 is 5.97 Å². The number of aromatic amines is 1. The topological polar surface area (TPSA) is 73.4 Å². The average Bonchev–Trinajstić information content (AvgIpc) is 3.15. The molecular formula is C21H21ClN2O4. The van der Waals surface area contributed by atoms with Crippen LogP contribution >= 0.6 is 11.6 Å². The summed E-state index contributed by atoms with van der Waals surface area (Å²) in [6.45, 7) is 3.04. The van der Waals surface area contributed by atoms with Crippen LogP contribution in [0.1, 0.15) is 17.4 Å². The fourth-order valence-electron chi connectivity index (χ4n) is 2.63. The number of methoxy groups -OCH3 is 1. The van der Waals surface area contributed by atoms with Crippen molar-refractivity contribution in [1.82, 2.24) is 9.97 Å². The molecule has 1 heterocycles. The Morgan fingerprint density at radius 2 is 1.71 bits per heavy atom. The standard InChI is InChI=1S/C21H21ClN2O4/c1-3-27-21(25)19-18(14-4-8-16(22)9-5-14)23-20(24-19)15-6-10-17(11-7-15)28-13-12-26-2/h4-11H,3,12-13H2,1-2H3,(H,23,24). The van der Waals surface area contributed by atoms with Crippen molar-refractivity contribution in [2.75, 3.05) is 26.9 Å². The molecule has 3 rings (SSSR count). The van der Waals surface area contributed by atoms with Gasteiger partial charge in [-0.2, -0.15) is 0 Å². The summed E-state index contributed by atoms with van der Waals surface area (Å²) in [6, 6.07) is 14.6. The Morgan fingerprint density at radius 1 is 1.04 bits per heavy atom. The lowest BCUT2D eigenvalue weighted by atomic mass is 10.1. The van der Waals surface area contributed by atoms with Crippen LogP contribution in [0.4, 0.5) is 0 Å². The van der Waals surface area contributed by atoms with Crippen molar-refractivity contribution in [1.29, 1.82) is 0 Å². The van der Waals surface area contributed by atoms with Crippen LogP contribution < -0.4 is 4.74 Å². The van der Waals surface area contributed by atoms with Gasteiger partial charge in [0.05, 0.1) is 13.2 Å². The molecular weight excluding hydrogens is 380 g/mol. The van der Waals surface area contributed by atoms with Crippen molar-refractivity contribution in [2.45, 2.75) is 6.92 Å². The van der Waals surface area contributed by atoms with Crippen molar-refractivity contribution >= 4 is 17.6 Å².